The third-order valence-electron chi connectivity index (χ3n) is 3.14. The van der Waals surface area contributed by atoms with Crippen molar-refractivity contribution in [2.75, 3.05) is 5.73 Å². The van der Waals surface area contributed by atoms with Crippen molar-refractivity contribution >= 4 is 33.5 Å². The molecular formula is C13H15BrN2O3. The quantitative estimate of drug-likeness (QED) is 0.722. The fraction of sp³-hybridized carbons (Fsp3) is 0.385. The van der Waals surface area contributed by atoms with Crippen LogP contribution >= 0.6 is 15.9 Å². The molecule has 1 saturated carbocycles. The second-order valence-electron chi connectivity index (χ2n) is 4.75. The molecule has 0 radical (unpaired) electrons. The molecule has 1 aliphatic carbocycles. The van der Waals surface area contributed by atoms with Crippen molar-refractivity contribution in [2.24, 2.45) is 5.92 Å². The van der Waals surface area contributed by atoms with Gasteiger partial charge in [0.1, 0.15) is 0 Å². The largest absolute Gasteiger partial charge is 0.481 e. The molecule has 1 amide bonds. The molecule has 1 aromatic rings. The fourth-order valence-corrected chi connectivity index (χ4v) is 2.41. The van der Waals surface area contributed by atoms with E-state index in [0.717, 1.165) is 12.8 Å². The van der Waals surface area contributed by atoms with Crippen LogP contribution in [0.1, 0.15) is 29.6 Å². The first-order valence-corrected chi connectivity index (χ1v) is 6.84. The highest BCUT2D eigenvalue weighted by Gasteiger charge is 2.34. The number of hydrogen-bond donors (Lipinski definition) is 3. The van der Waals surface area contributed by atoms with Crippen LogP contribution in [-0.2, 0) is 4.79 Å². The molecule has 5 nitrogen and oxygen atoms in total. The van der Waals surface area contributed by atoms with Crippen LogP contribution in [0.2, 0.25) is 0 Å². The van der Waals surface area contributed by atoms with E-state index >= 15 is 0 Å². The average Bonchev–Trinajstić information content (AvgIpc) is 3.14. The number of aliphatic carboxylic acids is 1. The first-order chi connectivity index (χ1) is 8.97. The number of amides is 1. The summed E-state index contributed by atoms with van der Waals surface area (Å²) < 4.78 is 0.643. The SMILES string of the molecule is Nc1ccc(Br)c(C(=O)NC(CC(=O)O)C2CC2)c1. The summed E-state index contributed by atoms with van der Waals surface area (Å²) in [6.07, 6.45) is 1.89. The van der Waals surface area contributed by atoms with Gasteiger partial charge in [0.05, 0.1) is 12.0 Å². The number of nitrogens with one attached hydrogen (secondary N) is 1. The number of carbonyl (C=O) groups is 2. The molecule has 0 aliphatic heterocycles. The maximum Gasteiger partial charge on any atom is 0.305 e. The Morgan fingerprint density at radius 3 is 2.74 bits per heavy atom. The summed E-state index contributed by atoms with van der Waals surface area (Å²) in [6, 6.07) is 4.66. The lowest BCUT2D eigenvalue weighted by molar-refractivity contribution is -0.137. The van der Waals surface area contributed by atoms with E-state index in [1.54, 1.807) is 18.2 Å². The Balaban J connectivity index is 2.10. The van der Waals surface area contributed by atoms with Gasteiger partial charge in [-0.25, -0.2) is 0 Å². The number of carboxylic acids is 1. The predicted octanol–water partition coefficient (Wildman–Crippen LogP) is 2.01. The highest BCUT2D eigenvalue weighted by Crippen LogP contribution is 2.34. The van der Waals surface area contributed by atoms with Gasteiger partial charge >= 0.3 is 5.97 Å². The first kappa shape index (κ1) is 13.9. The summed E-state index contributed by atoms with van der Waals surface area (Å²) in [5.41, 5.74) is 6.58. The maximum atomic E-state index is 12.2. The van der Waals surface area contributed by atoms with Gasteiger partial charge in [-0.1, -0.05) is 0 Å². The minimum absolute atomic E-state index is 0.0453. The van der Waals surface area contributed by atoms with Gasteiger partial charge in [0.15, 0.2) is 0 Å². The molecule has 102 valence electrons. The smallest absolute Gasteiger partial charge is 0.305 e. The first-order valence-electron chi connectivity index (χ1n) is 6.05. The minimum Gasteiger partial charge on any atom is -0.481 e. The Morgan fingerprint density at radius 1 is 1.47 bits per heavy atom. The number of anilines is 1. The van der Waals surface area contributed by atoms with E-state index in [4.69, 9.17) is 10.8 Å². The van der Waals surface area contributed by atoms with Crippen LogP contribution in [0.25, 0.3) is 0 Å². The second-order valence-corrected chi connectivity index (χ2v) is 5.61. The number of carbonyl (C=O) groups excluding carboxylic acids is 1. The van der Waals surface area contributed by atoms with Crippen molar-refractivity contribution in [3.63, 3.8) is 0 Å². The number of nitrogens with two attached hydrogens (primary N) is 1. The molecule has 1 fully saturated rings. The van der Waals surface area contributed by atoms with Crippen LogP contribution in [0, 0.1) is 5.92 Å². The van der Waals surface area contributed by atoms with Crippen LogP contribution in [0.5, 0.6) is 0 Å². The lowest BCUT2D eigenvalue weighted by Crippen LogP contribution is -2.38. The minimum atomic E-state index is -0.899. The van der Waals surface area contributed by atoms with Gasteiger partial charge in [-0.3, -0.25) is 9.59 Å². The highest BCUT2D eigenvalue weighted by atomic mass is 79.9. The third kappa shape index (κ3) is 3.70. The third-order valence-corrected chi connectivity index (χ3v) is 3.83. The lowest BCUT2D eigenvalue weighted by atomic mass is 10.1. The Morgan fingerprint density at radius 2 is 2.16 bits per heavy atom. The normalized spacial score (nSPS) is 15.8. The van der Waals surface area contributed by atoms with E-state index in [-0.39, 0.29) is 24.3 Å². The number of nitrogen functional groups attached to an aromatic ring is 1. The van der Waals surface area contributed by atoms with E-state index in [9.17, 15) is 9.59 Å². The fourth-order valence-electron chi connectivity index (χ4n) is 1.99. The van der Waals surface area contributed by atoms with Crippen molar-refractivity contribution in [3.05, 3.63) is 28.2 Å². The molecule has 0 heterocycles. The number of benzene rings is 1. The van der Waals surface area contributed by atoms with E-state index < -0.39 is 5.97 Å². The number of rotatable bonds is 5. The van der Waals surface area contributed by atoms with E-state index in [1.165, 1.54) is 0 Å². The monoisotopic (exact) mass is 326 g/mol. The molecule has 6 heteroatoms. The summed E-state index contributed by atoms with van der Waals surface area (Å²) in [4.78, 5) is 23.0. The van der Waals surface area contributed by atoms with E-state index in [2.05, 4.69) is 21.2 Å². The Labute approximate surface area is 119 Å². The van der Waals surface area contributed by atoms with Crippen LogP contribution < -0.4 is 11.1 Å². The number of hydrogen-bond acceptors (Lipinski definition) is 3. The molecule has 2 rings (SSSR count). The van der Waals surface area contributed by atoms with Gasteiger partial charge in [-0.15, -0.1) is 0 Å². The number of carboxylic acid groups (broad SMARTS) is 1. The molecule has 1 unspecified atom stereocenters. The molecule has 0 bridgehead atoms. The van der Waals surface area contributed by atoms with Gasteiger partial charge in [-0.05, 0) is 52.9 Å². The topological polar surface area (TPSA) is 92.4 Å². The van der Waals surface area contributed by atoms with Gasteiger partial charge in [0.25, 0.3) is 5.91 Å². The van der Waals surface area contributed by atoms with Crippen molar-refractivity contribution < 1.29 is 14.7 Å². The van der Waals surface area contributed by atoms with Crippen LogP contribution in [0.4, 0.5) is 5.69 Å². The summed E-state index contributed by atoms with van der Waals surface area (Å²) >= 11 is 3.29. The summed E-state index contributed by atoms with van der Waals surface area (Å²) in [6.45, 7) is 0. The van der Waals surface area contributed by atoms with Gasteiger partial charge < -0.3 is 16.2 Å². The molecule has 1 aliphatic rings. The van der Waals surface area contributed by atoms with Crippen LogP contribution in [0.15, 0.2) is 22.7 Å². The average molecular weight is 327 g/mol. The van der Waals surface area contributed by atoms with E-state index in [1.807, 2.05) is 0 Å². The Bertz CT molecular complexity index is 515. The highest BCUT2D eigenvalue weighted by molar-refractivity contribution is 9.10. The zero-order valence-corrected chi connectivity index (χ0v) is 11.8. The molecule has 1 aromatic carbocycles. The van der Waals surface area contributed by atoms with Crippen molar-refractivity contribution in [2.45, 2.75) is 25.3 Å². The Kier molecular flexibility index (Phi) is 4.09. The predicted molar refractivity (Wildman–Crippen MR) is 74.8 cm³/mol. The van der Waals surface area contributed by atoms with Crippen LogP contribution in [0.3, 0.4) is 0 Å². The summed E-state index contributed by atoms with van der Waals surface area (Å²) in [5.74, 6) is -0.916. The lowest BCUT2D eigenvalue weighted by Gasteiger charge is -2.17. The van der Waals surface area contributed by atoms with Crippen molar-refractivity contribution in [1.29, 1.82) is 0 Å². The van der Waals surface area contributed by atoms with Crippen LogP contribution in [-0.4, -0.2) is 23.0 Å². The summed E-state index contributed by atoms with van der Waals surface area (Å²) in [7, 11) is 0. The van der Waals surface area contributed by atoms with Gasteiger partial charge in [-0.2, -0.15) is 0 Å². The van der Waals surface area contributed by atoms with Gasteiger partial charge in [0, 0.05) is 16.2 Å². The molecular weight excluding hydrogens is 312 g/mol. The zero-order valence-electron chi connectivity index (χ0n) is 10.2. The molecule has 4 N–H and O–H groups in total. The van der Waals surface area contributed by atoms with Crippen molar-refractivity contribution in [3.8, 4) is 0 Å². The molecule has 0 saturated heterocycles. The standard InChI is InChI=1S/C13H15BrN2O3/c14-10-4-3-8(15)5-9(10)13(19)16-11(6-12(17)18)7-1-2-7/h3-5,7,11H,1-2,6,15H2,(H,16,19)(H,17,18). The molecule has 19 heavy (non-hydrogen) atoms. The molecule has 1 atom stereocenters. The summed E-state index contributed by atoms with van der Waals surface area (Å²) in [5, 5.41) is 11.7. The van der Waals surface area contributed by atoms with E-state index in [0.29, 0.717) is 15.7 Å². The maximum absolute atomic E-state index is 12.2. The second kappa shape index (κ2) is 5.61. The zero-order chi connectivity index (χ0) is 14.0. The molecule has 0 aromatic heterocycles. The van der Waals surface area contributed by atoms with Crippen molar-refractivity contribution in [1.82, 2.24) is 5.32 Å². The van der Waals surface area contributed by atoms with Gasteiger partial charge in [0.2, 0.25) is 0 Å². The Hall–Kier alpha value is -1.56. The number of halogens is 1. The molecule has 0 spiro atoms.